The van der Waals surface area contributed by atoms with Crippen molar-refractivity contribution in [1.82, 2.24) is 15.2 Å². The molecule has 1 aliphatic carbocycles. The van der Waals surface area contributed by atoms with Crippen LogP contribution in [-0.2, 0) is 10.0 Å². The van der Waals surface area contributed by atoms with Gasteiger partial charge in [0.25, 0.3) is 5.91 Å². The maximum Gasteiger partial charge on any atom is 0.275 e. The SMILES string of the molecule is CC1=CC2=NCN(C#Cc3cc(C(=O)NC4=NC(C)N=C4)ncc3S(N)(=O)=O)C2C=C1. The summed E-state index contributed by atoms with van der Waals surface area (Å²) in [5.41, 5.74) is 2.03. The van der Waals surface area contributed by atoms with Crippen molar-refractivity contribution >= 4 is 33.7 Å². The number of fused-ring (bicyclic) bond motifs is 1. The lowest BCUT2D eigenvalue weighted by molar-refractivity contribution is 0.0972. The average molecular weight is 437 g/mol. The van der Waals surface area contributed by atoms with E-state index in [0.717, 1.165) is 17.5 Å². The van der Waals surface area contributed by atoms with Crippen LogP contribution in [0.15, 0.2) is 55.9 Å². The molecule has 0 spiro atoms. The molecule has 0 fully saturated rings. The predicted octanol–water partition coefficient (Wildman–Crippen LogP) is 0.196. The summed E-state index contributed by atoms with van der Waals surface area (Å²) in [7, 11) is -4.09. The number of primary sulfonamides is 1. The molecule has 3 heterocycles. The number of amides is 1. The summed E-state index contributed by atoms with van der Waals surface area (Å²) in [6, 6.07) is 4.11. The van der Waals surface area contributed by atoms with Crippen LogP contribution < -0.4 is 10.5 Å². The smallest absolute Gasteiger partial charge is 0.275 e. The van der Waals surface area contributed by atoms with Gasteiger partial charge in [-0.15, -0.1) is 0 Å². The van der Waals surface area contributed by atoms with Crippen LogP contribution in [0.1, 0.15) is 29.9 Å². The van der Waals surface area contributed by atoms with Gasteiger partial charge in [-0.1, -0.05) is 12.2 Å². The fourth-order valence-electron chi connectivity index (χ4n) is 3.18. The Hall–Kier alpha value is -3.62. The number of nitrogens with two attached hydrogens (primary N) is 1. The maximum atomic E-state index is 12.5. The molecule has 4 rings (SSSR count). The van der Waals surface area contributed by atoms with Crippen LogP contribution in [0.3, 0.4) is 0 Å². The number of aliphatic imine (C=N–C) groups is 3. The van der Waals surface area contributed by atoms with E-state index < -0.39 is 15.9 Å². The third-order valence-electron chi connectivity index (χ3n) is 4.68. The van der Waals surface area contributed by atoms with Gasteiger partial charge in [0.2, 0.25) is 10.0 Å². The second-order valence-corrected chi connectivity index (χ2v) is 8.64. The topological polar surface area (TPSA) is 142 Å². The average Bonchev–Trinajstić information content (AvgIpc) is 3.30. The third-order valence-corrected chi connectivity index (χ3v) is 5.62. The lowest BCUT2D eigenvalue weighted by Gasteiger charge is -2.19. The number of rotatable bonds is 2. The van der Waals surface area contributed by atoms with Gasteiger partial charge in [-0.3, -0.25) is 19.7 Å². The van der Waals surface area contributed by atoms with E-state index in [2.05, 4.69) is 37.2 Å². The number of hydrogen-bond donors (Lipinski definition) is 2. The summed E-state index contributed by atoms with van der Waals surface area (Å²) in [6.45, 7) is 4.10. The number of carbonyl (C=O) groups excluding carboxylic acids is 1. The first-order chi connectivity index (χ1) is 14.7. The molecule has 31 heavy (non-hydrogen) atoms. The van der Waals surface area contributed by atoms with Crippen LogP contribution in [0, 0.1) is 12.0 Å². The van der Waals surface area contributed by atoms with Gasteiger partial charge in [0.1, 0.15) is 29.3 Å². The summed E-state index contributed by atoms with van der Waals surface area (Å²) in [6.07, 6.45) is 8.14. The van der Waals surface area contributed by atoms with Crippen molar-refractivity contribution in [3.05, 3.63) is 47.3 Å². The molecule has 158 valence electrons. The Labute approximate surface area is 179 Å². The molecule has 0 aromatic carbocycles. The Morgan fingerprint density at radius 2 is 2.19 bits per heavy atom. The molecule has 1 aromatic heterocycles. The minimum absolute atomic E-state index is 0.0261. The summed E-state index contributed by atoms with van der Waals surface area (Å²) in [4.78, 5) is 30.6. The zero-order valence-corrected chi connectivity index (χ0v) is 17.6. The van der Waals surface area contributed by atoms with Crippen molar-refractivity contribution in [2.45, 2.75) is 31.0 Å². The van der Waals surface area contributed by atoms with E-state index in [-0.39, 0.29) is 28.4 Å². The first-order valence-corrected chi connectivity index (χ1v) is 10.9. The molecule has 11 heteroatoms. The molecule has 0 bridgehead atoms. The lowest BCUT2D eigenvalue weighted by atomic mass is 10.0. The molecule has 0 saturated heterocycles. The standard InChI is InChI=1S/C20H19N7O3S/c1-12-3-4-17-15(7-12)24-11-27(17)6-5-14-8-16(23-9-18(14)31(21,29)30)20(28)26-19-10-22-13(2)25-19/h3-4,7-10,13,17H,11H2,1-2H3,(H2,21,29,30)(H,25,26,28). The molecule has 10 nitrogen and oxygen atoms in total. The molecule has 2 aliphatic heterocycles. The number of hydrogen-bond acceptors (Lipinski definition) is 8. The first kappa shape index (κ1) is 20.6. The van der Waals surface area contributed by atoms with E-state index >= 15 is 0 Å². The van der Waals surface area contributed by atoms with Crippen LogP contribution in [0.25, 0.3) is 0 Å². The largest absolute Gasteiger partial charge is 0.304 e. The Morgan fingerprint density at radius 1 is 1.39 bits per heavy atom. The second-order valence-electron chi connectivity index (χ2n) is 7.11. The highest BCUT2D eigenvalue weighted by Crippen LogP contribution is 2.19. The fraction of sp³-hybridized carbons (Fsp3) is 0.250. The number of allylic oxidation sites excluding steroid dienone is 2. The van der Waals surface area contributed by atoms with Crippen molar-refractivity contribution in [2.75, 3.05) is 6.67 Å². The quantitative estimate of drug-likeness (QED) is 0.635. The van der Waals surface area contributed by atoms with Crippen LogP contribution in [0.2, 0.25) is 0 Å². The molecule has 3 N–H and O–H groups in total. The van der Waals surface area contributed by atoms with Gasteiger partial charge in [0.15, 0.2) is 0 Å². The highest BCUT2D eigenvalue weighted by atomic mass is 32.2. The Bertz CT molecular complexity index is 1280. The van der Waals surface area contributed by atoms with Crippen molar-refractivity contribution in [3.63, 3.8) is 0 Å². The second kappa shape index (κ2) is 7.90. The summed E-state index contributed by atoms with van der Waals surface area (Å²) < 4.78 is 24.0. The zero-order valence-electron chi connectivity index (χ0n) is 16.8. The lowest BCUT2D eigenvalue weighted by Crippen LogP contribution is -2.31. The molecule has 2 unspecified atom stereocenters. The predicted molar refractivity (Wildman–Crippen MR) is 116 cm³/mol. The minimum atomic E-state index is -4.09. The number of amidine groups is 1. The van der Waals surface area contributed by atoms with Crippen molar-refractivity contribution < 1.29 is 13.2 Å². The molecular weight excluding hydrogens is 418 g/mol. The third kappa shape index (κ3) is 4.45. The number of aromatic nitrogens is 1. The van der Waals surface area contributed by atoms with Gasteiger partial charge in [0.05, 0.1) is 23.5 Å². The number of sulfonamides is 1. The molecule has 0 saturated carbocycles. The van der Waals surface area contributed by atoms with E-state index in [1.54, 1.807) is 11.8 Å². The molecule has 2 atom stereocenters. The summed E-state index contributed by atoms with van der Waals surface area (Å²) in [5, 5.41) is 7.88. The number of nitrogens with zero attached hydrogens (tertiary/aromatic N) is 5. The van der Waals surface area contributed by atoms with Gasteiger partial charge >= 0.3 is 0 Å². The summed E-state index contributed by atoms with van der Waals surface area (Å²) in [5.74, 6) is 2.55. The van der Waals surface area contributed by atoms with Crippen molar-refractivity contribution in [1.29, 1.82) is 0 Å². The monoisotopic (exact) mass is 437 g/mol. The molecule has 3 aliphatic rings. The van der Waals surface area contributed by atoms with E-state index in [1.165, 1.54) is 12.3 Å². The van der Waals surface area contributed by atoms with Gasteiger partial charge in [0, 0.05) is 12.2 Å². The molecule has 1 amide bonds. The first-order valence-electron chi connectivity index (χ1n) is 9.35. The van der Waals surface area contributed by atoms with Crippen LogP contribution in [0.5, 0.6) is 0 Å². The van der Waals surface area contributed by atoms with Gasteiger partial charge < -0.3 is 5.32 Å². The van der Waals surface area contributed by atoms with E-state index in [9.17, 15) is 13.2 Å². The number of pyridine rings is 1. The normalized spacial score (nSPS) is 21.6. The minimum Gasteiger partial charge on any atom is -0.304 e. The number of carbonyl (C=O) groups is 1. The Balaban J connectivity index is 1.62. The van der Waals surface area contributed by atoms with Gasteiger partial charge in [-0.05, 0) is 37.5 Å². The highest BCUT2D eigenvalue weighted by molar-refractivity contribution is 7.89. The Kier molecular flexibility index (Phi) is 5.26. The van der Waals surface area contributed by atoms with E-state index in [0.29, 0.717) is 12.5 Å². The fourth-order valence-corrected chi connectivity index (χ4v) is 3.79. The summed E-state index contributed by atoms with van der Waals surface area (Å²) >= 11 is 0. The number of nitrogens with one attached hydrogen (secondary N) is 1. The van der Waals surface area contributed by atoms with E-state index in [1.807, 2.05) is 25.2 Å². The van der Waals surface area contributed by atoms with Crippen molar-refractivity contribution in [3.8, 4) is 12.0 Å². The molecule has 1 aromatic rings. The van der Waals surface area contributed by atoms with Crippen LogP contribution in [-0.4, -0.2) is 60.8 Å². The van der Waals surface area contributed by atoms with Gasteiger partial charge in [-0.25, -0.2) is 23.5 Å². The van der Waals surface area contributed by atoms with E-state index in [4.69, 9.17) is 5.14 Å². The van der Waals surface area contributed by atoms with Crippen LogP contribution in [0.4, 0.5) is 0 Å². The maximum absolute atomic E-state index is 12.5. The zero-order chi connectivity index (χ0) is 22.2. The highest BCUT2D eigenvalue weighted by Gasteiger charge is 2.26. The Morgan fingerprint density at radius 3 is 2.90 bits per heavy atom. The van der Waals surface area contributed by atoms with Crippen LogP contribution >= 0.6 is 0 Å². The van der Waals surface area contributed by atoms with Gasteiger partial charge in [-0.2, -0.15) is 0 Å². The molecular formula is C20H19N7O3S. The molecule has 0 radical (unpaired) electrons. The van der Waals surface area contributed by atoms with Crippen molar-refractivity contribution in [2.24, 2.45) is 20.1 Å².